The zero-order valence-corrected chi connectivity index (χ0v) is 7.76. The van der Waals surface area contributed by atoms with E-state index < -0.39 is 0 Å². The van der Waals surface area contributed by atoms with Crippen LogP contribution < -0.4 is 5.73 Å². The van der Waals surface area contributed by atoms with E-state index >= 15 is 0 Å². The summed E-state index contributed by atoms with van der Waals surface area (Å²) >= 11 is 0. The van der Waals surface area contributed by atoms with Crippen LogP contribution >= 0.6 is 0 Å². The van der Waals surface area contributed by atoms with Gasteiger partial charge in [0.1, 0.15) is 0 Å². The number of hydrogen-bond donors (Lipinski definition) is 1. The Morgan fingerprint density at radius 2 is 2.00 bits per heavy atom. The van der Waals surface area contributed by atoms with Gasteiger partial charge < -0.3 is 10.5 Å². The van der Waals surface area contributed by atoms with Gasteiger partial charge in [0.25, 0.3) is 0 Å². The van der Waals surface area contributed by atoms with Gasteiger partial charge in [-0.3, -0.25) is 0 Å². The van der Waals surface area contributed by atoms with Crippen LogP contribution in [0, 0.1) is 5.41 Å². The van der Waals surface area contributed by atoms with Crippen molar-refractivity contribution in [3.8, 4) is 0 Å². The van der Waals surface area contributed by atoms with Gasteiger partial charge in [0.15, 0.2) is 0 Å². The minimum absolute atomic E-state index is 0.333. The average Bonchev–Trinajstić information content (AvgIpc) is 2.69. The standard InChI is InChI=1S/C9H19NO/c1-7(11-3)6-9(4-5-9)8(2)10/h7-8H,4-6,10H2,1-3H3. The lowest BCUT2D eigenvalue weighted by molar-refractivity contribution is 0.0862. The summed E-state index contributed by atoms with van der Waals surface area (Å²) in [4.78, 5) is 0. The van der Waals surface area contributed by atoms with Gasteiger partial charge >= 0.3 is 0 Å². The van der Waals surface area contributed by atoms with Gasteiger partial charge in [-0.05, 0) is 38.5 Å². The summed E-state index contributed by atoms with van der Waals surface area (Å²) in [7, 11) is 1.77. The highest BCUT2D eigenvalue weighted by atomic mass is 16.5. The van der Waals surface area contributed by atoms with E-state index in [0.29, 0.717) is 17.6 Å². The number of methoxy groups -OCH3 is 1. The van der Waals surface area contributed by atoms with Crippen molar-refractivity contribution in [2.45, 2.75) is 45.3 Å². The second-order valence-electron chi connectivity index (χ2n) is 3.90. The van der Waals surface area contributed by atoms with Gasteiger partial charge in [0.2, 0.25) is 0 Å². The molecule has 11 heavy (non-hydrogen) atoms. The quantitative estimate of drug-likeness (QED) is 0.672. The smallest absolute Gasteiger partial charge is 0.0549 e. The number of ether oxygens (including phenoxy) is 1. The number of rotatable bonds is 4. The lowest BCUT2D eigenvalue weighted by atomic mass is 9.92. The molecule has 1 fully saturated rings. The highest BCUT2D eigenvalue weighted by Crippen LogP contribution is 2.51. The van der Waals surface area contributed by atoms with E-state index in [4.69, 9.17) is 10.5 Å². The van der Waals surface area contributed by atoms with Crippen LogP contribution in [0.2, 0.25) is 0 Å². The van der Waals surface area contributed by atoms with E-state index in [1.165, 1.54) is 12.8 Å². The van der Waals surface area contributed by atoms with Crippen molar-refractivity contribution in [1.29, 1.82) is 0 Å². The van der Waals surface area contributed by atoms with Crippen molar-refractivity contribution in [3.05, 3.63) is 0 Å². The topological polar surface area (TPSA) is 35.2 Å². The molecule has 1 aliphatic rings. The van der Waals surface area contributed by atoms with Crippen LogP contribution in [0.3, 0.4) is 0 Å². The maximum atomic E-state index is 5.88. The van der Waals surface area contributed by atoms with E-state index in [1.54, 1.807) is 7.11 Å². The Hall–Kier alpha value is -0.0800. The Bertz CT molecular complexity index is 130. The summed E-state index contributed by atoms with van der Waals surface area (Å²) in [5.74, 6) is 0. The maximum absolute atomic E-state index is 5.88. The number of hydrogen-bond acceptors (Lipinski definition) is 2. The Balaban J connectivity index is 2.35. The fraction of sp³-hybridized carbons (Fsp3) is 1.00. The van der Waals surface area contributed by atoms with Crippen LogP contribution in [0.25, 0.3) is 0 Å². The van der Waals surface area contributed by atoms with Crippen LogP contribution in [0.5, 0.6) is 0 Å². The fourth-order valence-electron chi connectivity index (χ4n) is 1.66. The predicted octanol–water partition coefficient (Wildman–Crippen LogP) is 1.54. The third-order valence-corrected chi connectivity index (χ3v) is 2.95. The largest absolute Gasteiger partial charge is 0.382 e. The zero-order chi connectivity index (χ0) is 8.48. The van der Waals surface area contributed by atoms with Crippen LogP contribution in [0.4, 0.5) is 0 Å². The van der Waals surface area contributed by atoms with E-state index in [1.807, 2.05) is 0 Å². The molecule has 2 N–H and O–H groups in total. The first-order valence-electron chi connectivity index (χ1n) is 4.39. The highest BCUT2D eigenvalue weighted by molar-refractivity contribution is 4.99. The minimum atomic E-state index is 0.333. The first-order valence-corrected chi connectivity index (χ1v) is 4.39. The van der Waals surface area contributed by atoms with Crippen molar-refractivity contribution < 1.29 is 4.74 Å². The van der Waals surface area contributed by atoms with Crippen LogP contribution in [0.15, 0.2) is 0 Å². The minimum Gasteiger partial charge on any atom is -0.382 e. The van der Waals surface area contributed by atoms with E-state index in [9.17, 15) is 0 Å². The third-order valence-electron chi connectivity index (χ3n) is 2.95. The molecule has 0 amide bonds. The van der Waals surface area contributed by atoms with Gasteiger partial charge in [-0.15, -0.1) is 0 Å². The van der Waals surface area contributed by atoms with E-state index in [2.05, 4.69) is 13.8 Å². The fourth-order valence-corrected chi connectivity index (χ4v) is 1.66. The van der Waals surface area contributed by atoms with Gasteiger partial charge in [0, 0.05) is 13.2 Å². The molecule has 0 aromatic heterocycles. The molecular formula is C9H19NO. The van der Waals surface area contributed by atoms with Crippen LogP contribution in [0.1, 0.15) is 33.1 Å². The normalized spacial score (nSPS) is 26.2. The molecule has 0 spiro atoms. The molecule has 2 unspecified atom stereocenters. The Morgan fingerprint density at radius 1 is 1.45 bits per heavy atom. The summed E-state index contributed by atoms with van der Waals surface area (Å²) in [5, 5.41) is 0. The molecule has 1 rings (SSSR count). The SMILES string of the molecule is COC(C)CC1(C(C)N)CC1. The summed E-state index contributed by atoms with van der Waals surface area (Å²) in [5.41, 5.74) is 6.31. The molecule has 2 atom stereocenters. The lowest BCUT2D eigenvalue weighted by Gasteiger charge is -2.22. The first kappa shape index (κ1) is 9.01. The van der Waals surface area contributed by atoms with Crippen LogP contribution in [-0.4, -0.2) is 19.3 Å². The third kappa shape index (κ3) is 1.94. The van der Waals surface area contributed by atoms with E-state index in [0.717, 1.165) is 6.42 Å². The second-order valence-corrected chi connectivity index (χ2v) is 3.90. The molecule has 2 nitrogen and oxygen atoms in total. The van der Waals surface area contributed by atoms with Crippen molar-refractivity contribution >= 4 is 0 Å². The van der Waals surface area contributed by atoms with Gasteiger partial charge in [-0.2, -0.15) is 0 Å². The van der Waals surface area contributed by atoms with Crippen molar-refractivity contribution in [1.82, 2.24) is 0 Å². The highest BCUT2D eigenvalue weighted by Gasteiger charge is 2.46. The Morgan fingerprint density at radius 3 is 2.27 bits per heavy atom. The van der Waals surface area contributed by atoms with Gasteiger partial charge in [-0.25, -0.2) is 0 Å². The molecule has 0 aromatic carbocycles. The summed E-state index contributed by atoms with van der Waals surface area (Å²) in [6.07, 6.45) is 4.07. The number of nitrogens with two attached hydrogens (primary N) is 1. The average molecular weight is 157 g/mol. The first-order chi connectivity index (χ1) is 5.10. The van der Waals surface area contributed by atoms with Crippen LogP contribution in [-0.2, 0) is 4.74 Å². The monoisotopic (exact) mass is 157 g/mol. The molecule has 2 heteroatoms. The molecule has 66 valence electrons. The molecule has 0 heterocycles. The Labute approximate surface area is 69.1 Å². The molecule has 1 aliphatic carbocycles. The Kier molecular flexibility index (Phi) is 2.55. The van der Waals surface area contributed by atoms with Gasteiger partial charge in [-0.1, -0.05) is 0 Å². The summed E-state index contributed by atoms with van der Waals surface area (Å²) < 4.78 is 5.22. The summed E-state index contributed by atoms with van der Waals surface area (Å²) in [6.45, 7) is 4.22. The zero-order valence-electron chi connectivity index (χ0n) is 7.76. The molecule has 1 saturated carbocycles. The second kappa shape index (κ2) is 3.11. The van der Waals surface area contributed by atoms with Crippen molar-refractivity contribution in [2.75, 3.05) is 7.11 Å². The molecule has 0 aliphatic heterocycles. The van der Waals surface area contributed by atoms with Crippen molar-refractivity contribution in [2.24, 2.45) is 11.1 Å². The predicted molar refractivity (Wildman–Crippen MR) is 46.4 cm³/mol. The molecular weight excluding hydrogens is 138 g/mol. The molecule has 0 bridgehead atoms. The van der Waals surface area contributed by atoms with Crippen molar-refractivity contribution in [3.63, 3.8) is 0 Å². The molecule has 0 aromatic rings. The maximum Gasteiger partial charge on any atom is 0.0549 e. The van der Waals surface area contributed by atoms with Gasteiger partial charge in [0.05, 0.1) is 6.10 Å². The molecule has 0 saturated heterocycles. The molecule has 0 radical (unpaired) electrons. The summed E-state index contributed by atoms with van der Waals surface area (Å²) in [6, 6.07) is 0.333. The lowest BCUT2D eigenvalue weighted by Crippen LogP contribution is -2.31. The van der Waals surface area contributed by atoms with E-state index in [-0.39, 0.29) is 0 Å².